The van der Waals surface area contributed by atoms with E-state index in [0.29, 0.717) is 30.3 Å². The average Bonchev–Trinajstić information content (AvgIpc) is 3.02. The van der Waals surface area contributed by atoms with Gasteiger partial charge in [-0.05, 0) is 19.9 Å². The zero-order valence-electron chi connectivity index (χ0n) is 13.5. The molecule has 0 saturated carbocycles. The summed E-state index contributed by atoms with van der Waals surface area (Å²) in [5, 5.41) is 4.42. The molecule has 23 heavy (non-hydrogen) atoms. The highest BCUT2D eigenvalue weighted by molar-refractivity contribution is 5.72. The van der Waals surface area contributed by atoms with Crippen LogP contribution in [0.5, 0.6) is 0 Å². The highest BCUT2D eigenvalue weighted by Gasteiger charge is 2.19. The normalized spacial score (nSPS) is 11.5. The second-order valence-corrected chi connectivity index (χ2v) is 5.39. The first-order valence-electron chi connectivity index (χ1n) is 7.16. The van der Waals surface area contributed by atoms with Crippen LogP contribution < -0.4 is 11.2 Å². The molecule has 0 saturated heterocycles. The quantitative estimate of drug-likeness (QED) is 0.722. The number of nitrogens with one attached hydrogen (secondary N) is 1. The summed E-state index contributed by atoms with van der Waals surface area (Å²) in [4.78, 5) is 30.9. The van der Waals surface area contributed by atoms with Gasteiger partial charge in [-0.2, -0.15) is 10.1 Å². The lowest BCUT2D eigenvalue weighted by Gasteiger charge is -2.08. The highest BCUT2D eigenvalue weighted by atomic mass is 16.5. The predicted molar refractivity (Wildman–Crippen MR) is 84.1 cm³/mol. The molecule has 3 aromatic rings. The van der Waals surface area contributed by atoms with Gasteiger partial charge in [0.15, 0.2) is 11.2 Å². The van der Waals surface area contributed by atoms with Gasteiger partial charge in [0, 0.05) is 26.4 Å². The second kappa shape index (κ2) is 5.51. The molecule has 3 aromatic heterocycles. The number of nitrogens with zero attached hydrogens (tertiary/aromatic N) is 5. The van der Waals surface area contributed by atoms with Gasteiger partial charge in [0.05, 0.1) is 12.3 Å². The van der Waals surface area contributed by atoms with Crippen LogP contribution in [0.25, 0.3) is 17.1 Å². The molecule has 122 valence electrons. The maximum atomic E-state index is 12.3. The lowest BCUT2D eigenvalue weighted by molar-refractivity contribution is 0.188. The van der Waals surface area contributed by atoms with E-state index in [4.69, 9.17) is 4.74 Å². The number of methoxy groups -OCH3 is 1. The Hall–Kier alpha value is -2.68. The van der Waals surface area contributed by atoms with Crippen molar-refractivity contribution in [2.75, 3.05) is 13.7 Å². The lowest BCUT2D eigenvalue weighted by atomic mass is 10.4. The molecule has 0 aliphatic heterocycles. The third kappa shape index (κ3) is 2.38. The summed E-state index contributed by atoms with van der Waals surface area (Å²) in [5.74, 6) is 0.481. The first kappa shape index (κ1) is 15.2. The molecule has 0 unspecified atom stereocenters. The molecular weight excluding hydrogens is 300 g/mol. The number of hydrogen-bond acceptors (Lipinski definition) is 5. The van der Waals surface area contributed by atoms with Gasteiger partial charge in [0.1, 0.15) is 0 Å². The van der Waals surface area contributed by atoms with Crippen molar-refractivity contribution in [1.29, 1.82) is 0 Å². The molecule has 0 spiro atoms. The molecule has 0 bridgehead atoms. The summed E-state index contributed by atoms with van der Waals surface area (Å²) in [6.45, 7) is 4.61. The van der Waals surface area contributed by atoms with Crippen molar-refractivity contribution in [3.05, 3.63) is 38.3 Å². The molecule has 0 aliphatic carbocycles. The average molecular weight is 318 g/mol. The van der Waals surface area contributed by atoms with Crippen molar-refractivity contribution in [3.63, 3.8) is 0 Å². The van der Waals surface area contributed by atoms with Gasteiger partial charge in [-0.15, -0.1) is 0 Å². The molecular formula is C14H18N6O3. The fraction of sp³-hybridized carbons (Fsp3) is 0.429. The van der Waals surface area contributed by atoms with Crippen LogP contribution in [0.1, 0.15) is 11.4 Å². The smallest absolute Gasteiger partial charge is 0.329 e. The predicted octanol–water partition coefficient (Wildman–Crippen LogP) is -0.128. The summed E-state index contributed by atoms with van der Waals surface area (Å²) >= 11 is 0. The summed E-state index contributed by atoms with van der Waals surface area (Å²) in [5.41, 5.74) is 1.40. The Morgan fingerprint density at radius 2 is 2.04 bits per heavy atom. The first-order valence-corrected chi connectivity index (χ1v) is 7.16. The number of aromatic nitrogens is 6. The van der Waals surface area contributed by atoms with Gasteiger partial charge in [0.25, 0.3) is 5.56 Å². The van der Waals surface area contributed by atoms with E-state index in [2.05, 4.69) is 15.1 Å². The van der Waals surface area contributed by atoms with Crippen molar-refractivity contribution in [2.24, 2.45) is 7.05 Å². The molecule has 0 radical (unpaired) electrons. The first-order chi connectivity index (χ1) is 10.9. The number of aromatic amines is 1. The summed E-state index contributed by atoms with van der Waals surface area (Å²) < 4.78 is 9.82. The number of aryl methyl sites for hydroxylation is 3. The van der Waals surface area contributed by atoms with Crippen LogP contribution in [0, 0.1) is 13.8 Å². The number of H-pyrrole nitrogens is 1. The van der Waals surface area contributed by atoms with Crippen molar-refractivity contribution >= 4 is 11.2 Å². The van der Waals surface area contributed by atoms with Crippen molar-refractivity contribution in [1.82, 2.24) is 28.9 Å². The van der Waals surface area contributed by atoms with E-state index in [9.17, 15) is 9.59 Å². The summed E-state index contributed by atoms with van der Waals surface area (Å²) in [6.07, 6.45) is 0. The minimum atomic E-state index is -0.501. The van der Waals surface area contributed by atoms with Crippen LogP contribution in [0.2, 0.25) is 0 Å². The van der Waals surface area contributed by atoms with Crippen LogP contribution >= 0.6 is 0 Å². The number of ether oxygens (including phenoxy) is 1. The molecule has 3 heterocycles. The van der Waals surface area contributed by atoms with E-state index in [0.717, 1.165) is 11.4 Å². The molecule has 9 nitrogen and oxygen atoms in total. The number of imidazole rings is 1. The van der Waals surface area contributed by atoms with E-state index in [-0.39, 0.29) is 0 Å². The van der Waals surface area contributed by atoms with Gasteiger partial charge in [-0.25, -0.2) is 9.48 Å². The second-order valence-electron chi connectivity index (χ2n) is 5.39. The Morgan fingerprint density at radius 1 is 1.30 bits per heavy atom. The zero-order valence-corrected chi connectivity index (χ0v) is 13.5. The Kier molecular flexibility index (Phi) is 3.64. The molecule has 0 amide bonds. The Balaban J connectivity index is 2.39. The fourth-order valence-electron chi connectivity index (χ4n) is 2.61. The maximum absolute atomic E-state index is 12.3. The largest absolute Gasteiger partial charge is 0.383 e. The van der Waals surface area contributed by atoms with Crippen LogP contribution in [-0.4, -0.2) is 42.6 Å². The van der Waals surface area contributed by atoms with Crippen molar-refractivity contribution in [3.8, 4) is 5.95 Å². The van der Waals surface area contributed by atoms with Gasteiger partial charge in [-0.1, -0.05) is 0 Å². The Labute approximate surface area is 131 Å². The molecule has 1 N–H and O–H groups in total. The Morgan fingerprint density at radius 3 is 2.65 bits per heavy atom. The van der Waals surface area contributed by atoms with Crippen molar-refractivity contribution < 1.29 is 4.74 Å². The highest BCUT2D eigenvalue weighted by Crippen LogP contribution is 2.16. The number of fused-ring (bicyclic) bond motifs is 1. The molecule has 9 heteroatoms. The van der Waals surface area contributed by atoms with E-state index in [1.54, 1.807) is 23.4 Å². The monoisotopic (exact) mass is 318 g/mol. The summed E-state index contributed by atoms with van der Waals surface area (Å²) in [6, 6.07) is 1.92. The van der Waals surface area contributed by atoms with E-state index >= 15 is 0 Å². The SMILES string of the molecule is COCCn1c(-n2nc(C)cc2C)nc2c1c(=O)[nH]c(=O)n2C. The van der Waals surface area contributed by atoms with Crippen LogP contribution in [0.4, 0.5) is 0 Å². The minimum Gasteiger partial charge on any atom is -0.383 e. The maximum Gasteiger partial charge on any atom is 0.329 e. The third-order valence-corrected chi connectivity index (χ3v) is 3.70. The molecule has 0 aromatic carbocycles. The lowest BCUT2D eigenvalue weighted by Crippen LogP contribution is -2.29. The molecule has 0 fully saturated rings. The molecule has 3 rings (SSSR count). The van der Waals surface area contributed by atoms with E-state index < -0.39 is 11.2 Å². The van der Waals surface area contributed by atoms with Crippen LogP contribution in [-0.2, 0) is 18.3 Å². The van der Waals surface area contributed by atoms with Crippen molar-refractivity contribution in [2.45, 2.75) is 20.4 Å². The zero-order chi connectivity index (χ0) is 16.7. The van der Waals surface area contributed by atoms with Gasteiger partial charge in [0.2, 0.25) is 5.95 Å². The number of hydrogen-bond donors (Lipinski definition) is 1. The fourth-order valence-corrected chi connectivity index (χ4v) is 2.61. The van der Waals surface area contributed by atoms with Crippen LogP contribution in [0.3, 0.4) is 0 Å². The Bertz CT molecular complexity index is 991. The van der Waals surface area contributed by atoms with Crippen LogP contribution in [0.15, 0.2) is 15.7 Å². The number of rotatable bonds is 4. The van der Waals surface area contributed by atoms with E-state index in [1.165, 1.54) is 4.57 Å². The summed E-state index contributed by atoms with van der Waals surface area (Å²) in [7, 11) is 3.15. The topological polar surface area (TPSA) is 99.7 Å². The van der Waals surface area contributed by atoms with Gasteiger partial charge in [-0.3, -0.25) is 14.3 Å². The van der Waals surface area contributed by atoms with Gasteiger partial charge >= 0.3 is 5.69 Å². The third-order valence-electron chi connectivity index (χ3n) is 3.70. The minimum absolute atomic E-state index is 0.317. The molecule has 0 atom stereocenters. The van der Waals surface area contributed by atoms with Gasteiger partial charge < -0.3 is 9.30 Å². The standard InChI is InChI=1S/C14H18N6O3/c1-8-7-9(2)20(17-8)13-15-11-10(19(13)5-6-23-4)12(21)16-14(22)18(11)3/h7H,5-6H2,1-4H3,(H,16,21,22). The molecule has 0 aliphatic rings. The van der Waals surface area contributed by atoms with E-state index in [1.807, 2.05) is 19.9 Å².